The number of hydrogen-bond donors (Lipinski definition) is 0. The molecule has 0 aliphatic heterocycles. The van der Waals surface area contributed by atoms with E-state index >= 15 is 0 Å². The van der Waals surface area contributed by atoms with Gasteiger partial charge in [0.1, 0.15) is 0 Å². The molecule has 0 aromatic heterocycles. The van der Waals surface area contributed by atoms with E-state index in [0.717, 1.165) is 17.3 Å². The van der Waals surface area contributed by atoms with Gasteiger partial charge in [0.15, 0.2) is 4.36 Å². The Labute approximate surface area is 138 Å². The van der Waals surface area contributed by atoms with Crippen LogP contribution in [0.3, 0.4) is 0 Å². The van der Waals surface area contributed by atoms with E-state index in [1.807, 2.05) is 18.2 Å². The van der Waals surface area contributed by atoms with Gasteiger partial charge in [0, 0.05) is 5.75 Å². The summed E-state index contributed by atoms with van der Waals surface area (Å²) in [6.07, 6.45) is 0. The SMILES string of the molecule is O=[N+]([O-])/C(Cl)=C(Cl)/C(=C(\Cl)SCc1ccccc1)[N+](=O)[O-]. The number of benzene rings is 1. The van der Waals surface area contributed by atoms with Gasteiger partial charge in [0.05, 0.1) is 9.85 Å². The number of nitro groups is 2. The van der Waals surface area contributed by atoms with Crippen LogP contribution < -0.4 is 0 Å². The Hall–Kier alpha value is -1.28. The van der Waals surface area contributed by atoms with Crippen molar-refractivity contribution >= 4 is 46.6 Å². The largest absolute Gasteiger partial charge is 0.362 e. The van der Waals surface area contributed by atoms with Gasteiger partial charge >= 0.3 is 10.9 Å². The van der Waals surface area contributed by atoms with E-state index < -0.39 is 25.7 Å². The normalized spacial score (nSPS) is 13.3. The fourth-order valence-electron chi connectivity index (χ4n) is 1.21. The number of rotatable bonds is 6. The minimum atomic E-state index is -1.05. The second kappa shape index (κ2) is 8.23. The standard InChI is InChI=1S/C11H7Cl3N2O4S/c12-8(10(13)16(19)20)9(15(17)18)11(14)21-6-7-4-2-1-3-5-7/h1-5H,6H2/b10-8-,11-9-. The zero-order chi connectivity index (χ0) is 16.0. The van der Waals surface area contributed by atoms with Crippen molar-refractivity contribution in [1.82, 2.24) is 0 Å². The highest BCUT2D eigenvalue weighted by atomic mass is 35.5. The summed E-state index contributed by atoms with van der Waals surface area (Å²) in [5.41, 5.74) is 0.0878. The molecule has 0 saturated carbocycles. The van der Waals surface area contributed by atoms with Crippen molar-refractivity contribution in [2.75, 3.05) is 0 Å². The lowest BCUT2D eigenvalue weighted by Crippen LogP contribution is -2.05. The van der Waals surface area contributed by atoms with Crippen LogP contribution in [0.1, 0.15) is 5.56 Å². The lowest BCUT2D eigenvalue weighted by molar-refractivity contribution is -0.428. The van der Waals surface area contributed by atoms with Crippen molar-refractivity contribution in [3.63, 3.8) is 0 Å². The Balaban J connectivity index is 3.05. The molecule has 0 aliphatic carbocycles. The highest BCUT2D eigenvalue weighted by molar-refractivity contribution is 8.03. The third kappa shape index (κ3) is 5.20. The second-order valence-corrected chi connectivity index (χ2v) is 5.84. The number of nitrogens with zero attached hydrogens (tertiary/aromatic N) is 2. The molecule has 10 heteroatoms. The van der Waals surface area contributed by atoms with Gasteiger partial charge in [-0.25, -0.2) is 0 Å². The molecule has 0 saturated heterocycles. The van der Waals surface area contributed by atoms with Gasteiger partial charge in [-0.2, -0.15) is 0 Å². The lowest BCUT2D eigenvalue weighted by Gasteiger charge is -2.02. The van der Waals surface area contributed by atoms with Gasteiger partial charge in [-0.15, -0.1) is 11.8 Å². The first-order valence-corrected chi connectivity index (χ1v) is 7.37. The summed E-state index contributed by atoms with van der Waals surface area (Å²) in [7, 11) is 0. The number of halogens is 3. The molecule has 6 nitrogen and oxygen atoms in total. The highest BCUT2D eigenvalue weighted by Gasteiger charge is 2.30. The Kier molecular flexibility index (Phi) is 6.97. The van der Waals surface area contributed by atoms with Crippen LogP contribution in [0, 0.1) is 20.2 Å². The maximum Gasteiger partial charge on any atom is 0.362 e. The third-order valence-corrected chi connectivity index (χ3v) is 4.34. The van der Waals surface area contributed by atoms with Crippen molar-refractivity contribution in [3.05, 3.63) is 76.4 Å². The van der Waals surface area contributed by atoms with Crippen LogP contribution in [0.15, 0.2) is 50.6 Å². The molecule has 0 amide bonds. The van der Waals surface area contributed by atoms with E-state index in [1.165, 1.54) is 0 Å². The van der Waals surface area contributed by atoms with Gasteiger partial charge in [0.25, 0.3) is 0 Å². The molecule has 21 heavy (non-hydrogen) atoms. The van der Waals surface area contributed by atoms with Crippen LogP contribution in [-0.2, 0) is 5.75 Å². The summed E-state index contributed by atoms with van der Waals surface area (Å²) >= 11 is 17.6. The Morgan fingerprint density at radius 2 is 1.62 bits per heavy atom. The molecule has 0 heterocycles. The second-order valence-electron chi connectivity index (χ2n) is 3.52. The Bertz CT molecular complexity index is 619. The van der Waals surface area contributed by atoms with Crippen molar-refractivity contribution in [2.45, 2.75) is 5.75 Å². The molecule has 0 spiro atoms. The molecule has 0 N–H and O–H groups in total. The number of allylic oxidation sites excluding steroid dienone is 1. The third-order valence-electron chi connectivity index (χ3n) is 2.13. The summed E-state index contributed by atoms with van der Waals surface area (Å²) in [5.74, 6) is 0.345. The van der Waals surface area contributed by atoms with Crippen molar-refractivity contribution < 1.29 is 9.85 Å². The molecule has 112 valence electrons. The molecular formula is C11H7Cl3N2O4S. The molecule has 0 unspecified atom stereocenters. The van der Waals surface area contributed by atoms with Crippen molar-refractivity contribution in [1.29, 1.82) is 0 Å². The van der Waals surface area contributed by atoms with Crippen LogP contribution in [0.2, 0.25) is 0 Å². The van der Waals surface area contributed by atoms with E-state index in [-0.39, 0.29) is 4.36 Å². The average molecular weight is 370 g/mol. The summed E-state index contributed by atoms with van der Waals surface area (Å²) in [6.45, 7) is 0. The quantitative estimate of drug-likeness (QED) is 0.318. The summed E-state index contributed by atoms with van der Waals surface area (Å²) in [6, 6.07) is 9.05. The number of thioether (sulfide) groups is 1. The fourth-order valence-corrected chi connectivity index (χ4v) is 2.76. The minimum absolute atomic E-state index is 0.283. The minimum Gasteiger partial charge on any atom is -0.258 e. The van der Waals surface area contributed by atoms with Gasteiger partial charge in [-0.3, -0.25) is 20.2 Å². The van der Waals surface area contributed by atoms with E-state index in [0.29, 0.717) is 5.75 Å². The zero-order valence-electron chi connectivity index (χ0n) is 10.2. The predicted octanol–water partition coefficient (Wildman–Crippen LogP) is 4.53. The van der Waals surface area contributed by atoms with Crippen molar-refractivity contribution in [2.24, 2.45) is 0 Å². The maximum atomic E-state index is 11.0. The van der Waals surface area contributed by atoms with Crippen molar-refractivity contribution in [3.8, 4) is 0 Å². The average Bonchev–Trinajstić information content (AvgIpc) is 2.44. The maximum absolute atomic E-state index is 11.0. The first-order chi connectivity index (χ1) is 9.84. The van der Waals surface area contributed by atoms with Crippen LogP contribution in [-0.4, -0.2) is 9.85 Å². The predicted molar refractivity (Wildman–Crippen MR) is 83.3 cm³/mol. The molecule has 1 aromatic rings. The summed E-state index contributed by atoms with van der Waals surface area (Å²) < 4.78 is -0.283. The Morgan fingerprint density at radius 1 is 1.05 bits per heavy atom. The molecule has 0 fully saturated rings. The monoisotopic (exact) mass is 368 g/mol. The molecule has 0 bridgehead atoms. The van der Waals surface area contributed by atoms with Gasteiger partial charge in [-0.05, 0) is 17.2 Å². The van der Waals surface area contributed by atoms with Crippen LogP contribution in [0.5, 0.6) is 0 Å². The smallest absolute Gasteiger partial charge is 0.258 e. The van der Waals surface area contributed by atoms with E-state index in [4.69, 9.17) is 34.8 Å². The molecule has 1 rings (SSSR count). The first-order valence-electron chi connectivity index (χ1n) is 5.25. The molecule has 0 aliphatic rings. The zero-order valence-corrected chi connectivity index (χ0v) is 13.2. The van der Waals surface area contributed by atoms with E-state index in [9.17, 15) is 20.2 Å². The topological polar surface area (TPSA) is 86.3 Å². The fraction of sp³-hybridized carbons (Fsp3) is 0.0909. The molecule has 0 atom stereocenters. The van der Waals surface area contributed by atoms with Crippen LogP contribution in [0.4, 0.5) is 0 Å². The van der Waals surface area contributed by atoms with E-state index in [2.05, 4.69) is 0 Å². The highest BCUT2D eigenvalue weighted by Crippen LogP contribution is 2.34. The molecule has 1 aromatic carbocycles. The molecular weight excluding hydrogens is 363 g/mol. The van der Waals surface area contributed by atoms with Gasteiger partial charge < -0.3 is 0 Å². The molecule has 0 radical (unpaired) electrons. The van der Waals surface area contributed by atoms with Gasteiger partial charge in [-0.1, -0.05) is 53.5 Å². The van der Waals surface area contributed by atoms with Crippen LogP contribution in [0.25, 0.3) is 0 Å². The lowest BCUT2D eigenvalue weighted by atomic mass is 10.2. The summed E-state index contributed by atoms with van der Waals surface area (Å²) in [5, 5.41) is 19.6. The Morgan fingerprint density at radius 3 is 2.10 bits per heavy atom. The first kappa shape index (κ1) is 17.8. The van der Waals surface area contributed by atoms with E-state index in [1.54, 1.807) is 12.1 Å². The summed E-state index contributed by atoms with van der Waals surface area (Å²) in [4.78, 5) is 19.5. The number of hydrogen-bond acceptors (Lipinski definition) is 5. The van der Waals surface area contributed by atoms with Gasteiger partial charge in [0.2, 0.25) is 5.03 Å². The van der Waals surface area contributed by atoms with Crippen LogP contribution >= 0.6 is 46.6 Å².